The molecule has 0 fully saturated rings. The van der Waals surface area contributed by atoms with Crippen LogP contribution in [-0.2, 0) is 6.42 Å². The Bertz CT molecular complexity index is 1240. The van der Waals surface area contributed by atoms with E-state index in [2.05, 4.69) is 20.6 Å². The van der Waals surface area contributed by atoms with Crippen molar-refractivity contribution in [2.75, 3.05) is 13.6 Å². The number of carbonyl (C=O) groups excluding carboxylic acids is 2. The van der Waals surface area contributed by atoms with E-state index in [0.29, 0.717) is 30.0 Å². The molecule has 0 atom stereocenters. The first-order valence-electron chi connectivity index (χ1n) is 9.69. The van der Waals surface area contributed by atoms with Gasteiger partial charge in [-0.05, 0) is 48.4 Å². The molecule has 0 radical (unpaired) electrons. The second-order valence-electron chi connectivity index (χ2n) is 6.75. The van der Waals surface area contributed by atoms with Gasteiger partial charge in [0.15, 0.2) is 0 Å². The Kier molecular flexibility index (Phi) is 6.18. The molecule has 0 bridgehead atoms. The Hall–Kier alpha value is -3.78. The molecule has 2 heterocycles. The number of pyridine rings is 1. The monoisotopic (exact) mass is 432 g/mol. The number of aromatic nitrogens is 2. The smallest absolute Gasteiger partial charge is 0.269 e. The van der Waals surface area contributed by atoms with Crippen molar-refractivity contribution in [1.82, 2.24) is 20.6 Å². The standard InChI is InChI=1S/C23H20N4O3S/c1-24-23(29)20-13-18(8-10-25-20)30-17-4-2-3-15(11-17)7-9-26-22(28)16-5-6-19-21(12-16)31-14-27-19/h2-6,8,10-14H,7,9H2,1H3,(H,24,29)(H,26,28). The van der Waals surface area contributed by atoms with Crippen molar-refractivity contribution in [3.8, 4) is 11.5 Å². The van der Waals surface area contributed by atoms with Gasteiger partial charge in [-0.3, -0.25) is 14.6 Å². The van der Waals surface area contributed by atoms with Crippen LogP contribution in [0.1, 0.15) is 26.4 Å². The van der Waals surface area contributed by atoms with Crippen LogP contribution in [-0.4, -0.2) is 35.4 Å². The Morgan fingerprint density at radius 2 is 1.87 bits per heavy atom. The summed E-state index contributed by atoms with van der Waals surface area (Å²) in [5.41, 5.74) is 4.60. The van der Waals surface area contributed by atoms with Crippen LogP contribution in [0, 0.1) is 0 Å². The van der Waals surface area contributed by atoms with Crippen LogP contribution in [0.2, 0.25) is 0 Å². The highest BCUT2D eigenvalue weighted by Gasteiger charge is 2.09. The second kappa shape index (κ2) is 9.36. The Morgan fingerprint density at radius 1 is 1.00 bits per heavy atom. The maximum atomic E-state index is 12.4. The third-order valence-corrected chi connectivity index (χ3v) is 5.41. The van der Waals surface area contributed by atoms with Crippen molar-refractivity contribution < 1.29 is 14.3 Å². The first kappa shape index (κ1) is 20.5. The topological polar surface area (TPSA) is 93.2 Å². The van der Waals surface area contributed by atoms with Crippen molar-refractivity contribution >= 4 is 33.4 Å². The first-order chi connectivity index (χ1) is 15.1. The summed E-state index contributed by atoms with van der Waals surface area (Å²) in [6, 6.07) is 16.4. The van der Waals surface area contributed by atoms with E-state index in [0.717, 1.165) is 15.8 Å². The fraction of sp³-hybridized carbons (Fsp3) is 0.130. The number of nitrogens with zero attached hydrogens (tertiary/aromatic N) is 2. The number of hydrogen-bond acceptors (Lipinski definition) is 6. The molecule has 0 aliphatic carbocycles. The van der Waals surface area contributed by atoms with Crippen LogP contribution >= 0.6 is 11.3 Å². The molecule has 0 saturated carbocycles. The minimum Gasteiger partial charge on any atom is -0.457 e. The number of thiazole rings is 1. The Balaban J connectivity index is 1.35. The zero-order chi connectivity index (χ0) is 21.6. The molecular formula is C23H20N4O3S. The SMILES string of the molecule is CNC(=O)c1cc(Oc2cccc(CCNC(=O)c3ccc4ncsc4c3)c2)ccn1. The number of hydrogen-bond donors (Lipinski definition) is 2. The lowest BCUT2D eigenvalue weighted by Gasteiger charge is -2.09. The predicted octanol–water partition coefficient (Wildman–Crippen LogP) is 3.82. The molecule has 0 unspecified atom stereocenters. The molecule has 4 aromatic rings. The Morgan fingerprint density at radius 3 is 2.74 bits per heavy atom. The van der Waals surface area contributed by atoms with E-state index < -0.39 is 0 Å². The summed E-state index contributed by atoms with van der Waals surface area (Å²) in [5, 5.41) is 5.49. The molecule has 0 saturated heterocycles. The average Bonchev–Trinajstić information content (AvgIpc) is 3.27. The fourth-order valence-electron chi connectivity index (χ4n) is 3.05. The number of ether oxygens (including phenoxy) is 1. The van der Waals surface area contributed by atoms with E-state index in [9.17, 15) is 9.59 Å². The van der Waals surface area contributed by atoms with Crippen LogP contribution in [0.15, 0.2) is 66.3 Å². The predicted molar refractivity (Wildman–Crippen MR) is 120 cm³/mol. The fourth-order valence-corrected chi connectivity index (χ4v) is 3.76. The quantitative estimate of drug-likeness (QED) is 0.463. The van der Waals surface area contributed by atoms with Gasteiger partial charge in [0.2, 0.25) is 0 Å². The molecule has 2 aromatic carbocycles. The third kappa shape index (κ3) is 5.04. The lowest BCUT2D eigenvalue weighted by Crippen LogP contribution is -2.25. The number of amides is 2. The normalized spacial score (nSPS) is 10.6. The van der Waals surface area contributed by atoms with Crippen LogP contribution in [0.25, 0.3) is 10.2 Å². The molecule has 2 aromatic heterocycles. The number of carbonyl (C=O) groups is 2. The van der Waals surface area contributed by atoms with Gasteiger partial charge < -0.3 is 15.4 Å². The molecule has 8 heteroatoms. The number of nitrogens with one attached hydrogen (secondary N) is 2. The summed E-state index contributed by atoms with van der Waals surface area (Å²) in [7, 11) is 1.55. The van der Waals surface area contributed by atoms with Gasteiger partial charge in [0, 0.05) is 31.4 Å². The van der Waals surface area contributed by atoms with Gasteiger partial charge in [-0.15, -0.1) is 11.3 Å². The van der Waals surface area contributed by atoms with Crippen molar-refractivity contribution in [1.29, 1.82) is 0 Å². The molecule has 4 rings (SSSR count). The van der Waals surface area contributed by atoms with E-state index in [4.69, 9.17) is 4.74 Å². The molecule has 0 spiro atoms. The molecule has 2 amide bonds. The summed E-state index contributed by atoms with van der Waals surface area (Å²) in [4.78, 5) is 32.4. The van der Waals surface area contributed by atoms with Crippen molar-refractivity contribution in [2.24, 2.45) is 0 Å². The molecule has 2 N–H and O–H groups in total. The van der Waals surface area contributed by atoms with Crippen LogP contribution < -0.4 is 15.4 Å². The highest BCUT2D eigenvalue weighted by molar-refractivity contribution is 7.16. The highest BCUT2D eigenvalue weighted by Crippen LogP contribution is 2.23. The lowest BCUT2D eigenvalue weighted by atomic mass is 10.1. The minimum atomic E-state index is -0.274. The van der Waals surface area contributed by atoms with E-state index in [1.165, 1.54) is 17.5 Å². The van der Waals surface area contributed by atoms with Gasteiger partial charge in [-0.25, -0.2) is 4.98 Å². The highest BCUT2D eigenvalue weighted by atomic mass is 32.1. The Labute approximate surface area is 183 Å². The molecule has 0 aliphatic rings. The molecule has 0 aliphatic heterocycles. The zero-order valence-corrected chi connectivity index (χ0v) is 17.6. The third-order valence-electron chi connectivity index (χ3n) is 4.62. The van der Waals surface area contributed by atoms with Gasteiger partial charge in [0.25, 0.3) is 11.8 Å². The van der Waals surface area contributed by atoms with Crippen LogP contribution in [0.3, 0.4) is 0 Å². The van der Waals surface area contributed by atoms with Crippen molar-refractivity contribution in [3.05, 3.63) is 83.1 Å². The van der Waals surface area contributed by atoms with E-state index >= 15 is 0 Å². The number of fused-ring (bicyclic) bond motifs is 1. The molecule has 31 heavy (non-hydrogen) atoms. The minimum absolute atomic E-state index is 0.110. The van der Waals surface area contributed by atoms with Gasteiger partial charge in [-0.1, -0.05) is 12.1 Å². The van der Waals surface area contributed by atoms with E-state index in [-0.39, 0.29) is 17.5 Å². The van der Waals surface area contributed by atoms with Gasteiger partial charge in [-0.2, -0.15) is 0 Å². The maximum Gasteiger partial charge on any atom is 0.269 e. The molecule has 156 valence electrons. The second-order valence-corrected chi connectivity index (χ2v) is 7.63. The molecule has 7 nitrogen and oxygen atoms in total. The largest absolute Gasteiger partial charge is 0.457 e. The van der Waals surface area contributed by atoms with E-state index in [1.807, 2.05) is 36.4 Å². The number of rotatable bonds is 7. The van der Waals surface area contributed by atoms with Crippen molar-refractivity contribution in [3.63, 3.8) is 0 Å². The van der Waals surface area contributed by atoms with Crippen LogP contribution in [0.5, 0.6) is 11.5 Å². The van der Waals surface area contributed by atoms with Crippen LogP contribution in [0.4, 0.5) is 0 Å². The lowest BCUT2D eigenvalue weighted by molar-refractivity contribution is 0.0948. The number of benzene rings is 2. The van der Waals surface area contributed by atoms with Gasteiger partial charge >= 0.3 is 0 Å². The summed E-state index contributed by atoms with van der Waals surface area (Å²) >= 11 is 1.51. The summed E-state index contributed by atoms with van der Waals surface area (Å²) < 4.78 is 6.87. The average molecular weight is 433 g/mol. The summed E-state index contributed by atoms with van der Waals surface area (Å²) in [5.74, 6) is 0.789. The van der Waals surface area contributed by atoms with Crippen molar-refractivity contribution in [2.45, 2.75) is 6.42 Å². The summed E-state index contributed by atoms with van der Waals surface area (Å²) in [6.45, 7) is 0.499. The summed E-state index contributed by atoms with van der Waals surface area (Å²) in [6.07, 6.45) is 2.19. The first-order valence-corrected chi connectivity index (χ1v) is 10.6. The molecular weight excluding hydrogens is 412 g/mol. The zero-order valence-electron chi connectivity index (χ0n) is 16.8. The maximum absolute atomic E-state index is 12.4. The van der Waals surface area contributed by atoms with Gasteiger partial charge in [0.05, 0.1) is 15.7 Å². The van der Waals surface area contributed by atoms with Gasteiger partial charge in [0.1, 0.15) is 17.2 Å². The van der Waals surface area contributed by atoms with E-state index in [1.54, 1.807) is 30.8 Å².